The fraction of sp³-hybridized carbons (Fsp3) is 0.219. The number of halogens is 2. The highest BCUT2D eigenvalue weighted by molar-refractivity contribution is 9.11. The van der Waals surface area contributed by atoms with Gasteiger partial charge >= 0.3 is 5.97 Å². The van der Waals surface area contributed by atoms with Crippen LogP contribution in [-0.4, -0.2) is 30.9 Å². The highest BCUT2D eigenvalue weighted by Crippen LogP contribution is 2.36. The zero-order valence-corrected chi connectivity index (χ0v) is 27.6. The molecule has 0 aliphatic carbocycles. The van der Waals surface area contributed by atoms with Gasteiger partial charge in [-0.05, 0) is 92.7 Å². The maximum atomic E-state index is 13.9. The fourth-order valence-corrected chi connectivity index (χ4v) is 7.09. The number of fused-ring (bicyclic) bond motifs is 1. The number of thiazole rings is 1. The summed E-state index contributed by atoms with van der Waals surface area (Å²) < 4.78 is 26.1. The Kier molecular flexibility index (Phi) is 9.84. The van der Waals surface area contributed by atoms with Crippen LogP contribution >= 0.6 is 43.2 Å². The van der Waals surface area contributed by atoms with Crippen molar-refractivity contribution in [2.24, 2.45) is 4.99 Å². The van der Waals surface area contributed by atoms with Gasteiger partial charge in [-0.3, -0.25) is 9.36 Å². The maximum Gasteiger partial charge on any atom is 0.337 e. The minimum atomic E-state index is -0.770. The second-order valence-electron chi connectivity index (χ2n) is 9.34. The molecule has 1 aromatic heterocycles. The summed E-state index contributed by atoms with van der Waals surface area (Å²) in [7, 11) is 1.30. The minimum absolute atomic E-state index is 0.235. The van der Waals surface area contributed by atoms with Crippen molar-refractivity contribution in [1.82, 2.24) is 4.57 Å². The molecule has 0 spiro atoms. The zero-order chi connectivity index (χ0) is 30.5. The second-order valence-corrected chi connectivity index (χ2v) is 12.1. The zero-order valence-electron chi connectivity index (χ0n) is 23.6. The molecule has 0 saturated heterocycles. The van der Waals surface area contributed by atoms with Crippen LogP contribution < -0.4 is 29.1 Å². The normalized spacial score (nSPS) is 14.4. The molecule has 43 heavy (non-hydrogen) atoms. The SMILES string of the molecule is CCOc1ccc([C@H]2C(C(=O)OC)=CN=c3s/c(=C\c4cc(Br)c(OCc5ccccc5)c(Br)c4)c(=O)n32)cc1OCC. The first-order valence-electron chi connectivity index (χ1n) is 13.5. The number of carbonyl (C=O) groups is 1. The number of carbonyl (C=O) groups excluding carboxylic acids is 1. The lowest BCUT2D eigenvalue weighted by Crippen LogP contribution is -2.39. The molecule has 1 aliphatic heterocycles. The van der Waals surface area contributed by atoms with Gasteiger partial charge in [0.2, 0.25) is 0 Å². The smallest absolute Gasteiger partial charge is 0.337 e. The van der Waals surface area contributed by atoms with Crippen LogP contribution in [0.25, 0.3) is 6.08 Å². The molecule has 0 bridgehead atoms. The van der Waals surface area contributed by atoms with Crippen molar-refractivity contribution in [1.29, 1.82) is 0 Å². The molecule has 0 saturated carbocycles. The van der Waals surface area contributed by atoms with Crippen LogP contribution in [0.4, 0.5) is 0 Å². The lowest BCUT2D eigenvalue weighted by Gasteiger charge is -2.23. The van der Waals surface area contributed by atoms with Crippen LogP contribution in [0.1, 0.15) is 36.6 Å². The van der Waals surface area contributed by atoms with E-state index in [0.29, 0.717) is 52.0 Å². The highest BCUT2D eigenvalue weighted by Gasteiger charge is 2.31. The van der Waals surface area contributed by atoms with Crippen molar-refractivity contribution in [2.45, 2.75) is 26.5 Å². The van der Waals surface area contributed by atoms with Crippen LogP contribution in [0.3, 0.4) is 0 Å². The number of benzene rings is 3. The standard InChI is InChI=1S/C32H28Br2N2O6S/c1-4-40-25-12-11-21(16-26(25)41-5-2)28-22(31(38)39-3)17-35-32-36(28)30(37)27(43-32)15-20-13-23(33)29(24(34)14-20)42-18-19-9-7-6-8-10-19/h6-17,28H,4-5,18H2,1-3H3/b27-15-/t28-/m0/s1. The van der Waals surface area contributed by atoms with Crippen molar-refractivity contribution < 1.29 is 23.7 Å². The van der Waals surface area contributed by atoms with E-state index in [2.05, 4.69) is 36.9 Å². The van der Waals surface area contributed by atoms with Crippen molar-refractivity contribution in [3.8, 4) is 17.2 Å². The fourth-order valence-electron chi connectivity index (χ4n) is 4.67. The Morgan fingerprint density at radius 3 is 2.35 bits per heavy atom. The Morgan fingerprint density at radius 2 is 1.67 bits per heavy atom. The van der Waals surface area contributed by atoms with E-state index in [0.717, 1.165) is 20.1 Å². The summed E-state index contributed by atoms with van der Waals surface area (Å²) in [6, 6.07) is 18.3. The Balaban J connectivity index is 1.55. The molecule has 0 unspecified atom stereocenters. The van der Waals surface area contributed by atoms with E-state index in [9.17, 15) is 9.59 Å². The summed E-state index contributed by atoms with van der Waals surface area (Å²) in [4.78, 5) is 31.7. The summed E-state index contributed by atoms with van der Waals surface area (Å²) in [6.45, 7) is 5.07. The number of esters is 1. The Hall–Kier alpha value is -3.67. The number of hydrogen-bond acceptors (Lipinski definition) is 8. The summed E-state index contributed by atoms with van der Waals surface area (Å²) in [5.41, 5.74) is 2.44. The molecule has 0 radical (unpaired) electrons. The van der Waals surface area contributed by atoms with E-state index < -0.39 is 12.0 Å². The average Bonchev–Trinajstić information content (AvgIpc) is 3.32. The van der Waals surface area contributed by atoms with Gasteiger partial charge in [-0.1, -0.05) is 47.7 Å². The van der Waals surface area contributed by atoms with Crippen molar-refractivity contribution >= 4 is 55.2 Å². The lowest BCUT2D eigenvalue weighted by atomic mass is 9.97. The number of ether oxygens (including phenoxy) is 4. The maximum absolute atomic E-state index is 13.9. The van der Waals surface area contributed by atoms with E-state index in [4.69, 9.17) is 18.9 Å². The van der Waals surface area contributed by atoms with Gasteiger partial charge in [0.1, 0.15) is 12.4 Å². The molecular formula is C32H28Br2N2O6S. The highest BCUT2D eigenvalue weighted by atomic mass is 79.9. The number of nitrogens with zero attached hydrogens (tertiary/aromatic N) is 2. The third-order valence-corrected chi connectivity index (χ3v) is 8.73. The van der Waals surface area contributed by atoms with Crippen molar-refractivity contribution in [3.05, 3.63) is 118 Å². The van der Waals surface area contributed by atoms with Crippen LogP contribution in [0, 0.1) is 0 Å². The summed E-state index contributed by atoms with van der Waals surface area (Å²) >= 11 is 8.47. The third-order valence-electron chi connectivity index (χ3n) is 6.55. The number of rotatable bonds is 10. The van der Waals surface area contributed by atoms with Gasteiger partial charge in [0.15, 0.2) is 16.3 Å². The van der Waals surface area contributed by atoms with Crippen LogP contribution in [0.15, 0.2) is 91.2 Å². The monoisotopic (exact) mass is 726 g/mol. The number of aromatic nitrogens is 1. The van der Waals surface area contributed by atoms with E-state index in [1.54, 1.807) is 18.2 Å². The van der Waals surface area contributed by atoms with E-state index in [-0.39, 0.29) is 11.1 Å². The van der Waals surface area contributed by atoms with E-state index in [1.165, 1.54) is 29.2 Å². The van der Waals surface area contributed by atoms with Crippen LogP contribution in [0.5, 0.6) is 17.2 Å². The van der Waals surface area contributed by atoms with Crippen molar-refractivity contribution in [2.75, 3.05) is 20.3 Å². The summed E-state index contributed by atoms with van der Waals surface area (Å²) in [5.74, 6) is 1.19. The Labute approximate surface area is 269 Å². The van der Waals surface area contributed by atoms with Crippen LogP contribution in [0.2, 0.25) is 0 Å². The number of hydrogen-bond donors (Lipinski definition) is 0. The van der Waals surface area contributed by atoms with Gasteiger partial charge in [0, 0.05) is 6.20 Å². The third kappa shape index (κ3) is 6.63. The Morgan fingerprint density at radius 1 is 0.977 bits per heavy atom. The Bertz CT molecular complexity index is 1840. The van der Waals surface area contributed by atoms with Crippen molar-refractivity contribution in [3.63, 3.8) is 0 Å². The average molecular weight is 728 g/mol. The molecule has 8 nitrogen and oxygen atoms in total. The molecule has 0 amide bonds. The largest absolute Gasteiger partial charge is 0.490 e. The molecule has 11 heteroatoms. The molecule has 222 valence electrons. The molecule has 0 N–H and O–H groups in total. The minimum Gasteiger partial charge on any atom is -0.490 e. The lowest BCUT2D eigenvalue weighted by molar-refractivity contribution is -0.136. The summed E-state index contributed by atoms with van der Waals surface area (Å²) in [5, 5.41) is 0. The first-order valence-corrected chi connectivity index (χ1v) is 15.9. The van der Waals surface area contributed by atoms with Gasteiger partial charge in [0.25, 0.3) is 5.56 Å². The van der Waals surface area contributed by atoms with E-state index in [1.807, 2.05) is 62.4 Å². The molecule has 3 aromatic carbocycles. The van der Waals surface area contributed by atoms with Gasteiger partial charge in [-0.25, -0.2) is 9.79 Å². The molecule has 2 heterocycles. The quantitative estimate of drug-likeness (QED) is 0.189. The first-order chi connectivity index (χ1) is 20.8. The van der Waals surface area contributed by atoms with Crippen LogP contribution in [-0.2, 0) is 16.1 Å². The summed E-state index contributed by atoms with van der Waals surface area (Å²) in [6.07, 6.45) is 3.26. The first kappa shape index (κ1) is 30.8. The molecule has 4 aromatic rings. The molecular weight excluding hydrogens is 700 g/mol. The number of methoxy groups -OCH3 is 1. The predicted molar refractivity (Wildman–Crippen MR) is 173 cm³/mol. The van der Waals surface area contributed by atoms with Gasteiger partial charge in [-0.15, -0.1) is 0 Å². The molecule has 1 atom stereocenters. The molecule has 0 fully saturated rings. The van der Waals surface area contributed by atoms with Gasteiger partial charge in [-0.2, -0.15) is 0 Å². The predicted octanol–water partition coefficient (Wildman–Crippen LogP) is 5.92. The topological polar surface area (TPSA) is 88.4 Å². The second kappa shape index (κ2) is 13.7. The van der Waals surface area contributed by atoms with E-state index >= 15 is 0 Å². The molecule has 5 rings (SSSR count). The molecule has 1 aliphatic rings. The van der Waals surface area contributed by atoms with Gasteiger partial charge < -0.3 is 18.9 Å². The van der Waals surface area contributed by atoms with Gasteiger partial charge in [0.05, 0.1) is 45.4 Å².